The topological polar surface area (TPSA) is 55.6 Å². The number of benzene rings is 2. The first-order chi connectivity index (χ1) is 13.1. The van der Waals surface area contributed by atoms with Crippen molar-refractivity contribution in [2.24, 2.45) is 0 Å². The first-order valence-corrected chi connectivity index (χ1v) is 8.87. The summed E-state index contributed by atoms with van der Waals surface area (Å²) in [5.41, 5.74) is 1.80. The third kappa shape index (κ3) is 3.86. The van der Waals surface area contributed by atoms with E-state index >= 15 is 0 Å². The number of aromatic nitrogens is 1. The number of nitrogens with zero attached hydrogens (tertiary/aromatic N) is 2. The van der Waals surface area contributed by atoms with Crippen molar-refractivity contribution < 1.29 is 18.4 Å². The van der Waals surface area contributed by atoms with Gasteiger partial charge in [-0.05, 0) is 29.8 Å². The lowest BCUT2D eigenvalue weighted by molar-refractivity contribution is -0.0231. The van der Waals surface area contributed by atoms with E-state index in [4.69, 9.17) is 20.9 Å². The van der Waals surface area contributed by atoms with Gasteiger partial charge < -0.3 is 14.2 Å². The second-order valence-electron chi connectivity index (χ2n) is 6.25. The van der Waals surface area contributed by atoms with E-state index in [-0.39, 0.29) is 23.5 Å². The lowest BCUT2D eigenvalue weighted by Gasteiger charge is -2.32. The zero-order chi connectivity index (χ0) is 18.8. The van der Waals surface area contributed by atoms with Crippen LogP contribution in [-0.4, -0.2) is 35.7 Å². The quantitative estimate of drug-likeness (QED) is 0.671. The molecule has 4 rings (SSSR count). The minimum Gasteiger partial charge on any atom is -0.370 e. The Bertz CT molecular complexity index is 958. The first-order valence-electron chi connectivity index (χ1n) is 8.49. The average molecular weight is 387 g/mol. The maximum Gasteiger partial charge on any atom is 0.276 e. The molecule has 2 aromatic carbocycles. The molecule has 138 valence electrons. The maximum absolute atomic E-state index is 13.1. The number of hydrogen-bond donors (Lipinski definition) is 0. The summed E-state index contributed by atoms with van der Waals surface area (Å²) in [4.78, 5) is 14.5. The highest BCUT2D eigenvalue weighted by molar-refractivity contribution is 6.30. The molecule has 5 nitrogen and oxygen atoms in total. The maximum atomic E-state index is 13.1. The van der Waals surface area contributed by atoms with E-state index in [1.807, 2.05) is 6.07 Å². The molecule has 27 heavy (non-hydrogen) atoms. The fourth-order valence-corrected chi connectivity index (χ4v) is 3.22. The third-order valence-corrected chi connectivity index (χ3v) is 4.67. The summed E-state index contributed by atoms with van der Waals surface area (Å²) >= 11 is 6.00. The number of morpholine rings is 1. The first kappa shape index (κ1) is 17.7. The number of carbonyl (C=O) groups excluding carboxylic acids is 1. The molecule has 0 N–H and O–H groups in total. The van der Waals surface area contributed by atoms with Crippen LogP contribution in [0.3, 0.4) is 0 Å². The van der Waals surface area contributed by atoms with E-state index in [0.29, 0.717) is 30.5 Å². The van der Waals surface area contributed by atoms with Crippen LogP contribution in [0.25, 0.3) is 11.3 Å². The Morgan fingerprint density at radius 2 is 2.00 bits per heavy atom. The molecular formula is C20H16ClFN2O3. The Kier molecular flexibility index (Phi) is 4.92. The van der Waals surface area contributed by atoms with Crippen LogP contribution in [0.15, 0.2) is 59.1 Å². The van der Waals surface area contributed by atoms with Crippen LogP contribution < -0.4 is 0 Å². The smallest absolute Gasteiger partial charge is 0.276 e. The van der Waals surface area contributed by atoms with E-state index in [9.17, 15) is 9.18 Å². The summed E-state index contributed by atoms with van der Waals surface area (Å²) in [6.07, 6.45) is -0.303. The summed E-state index contributed by atoms with van der Waals surface area (Å²) < 4.78 is 24.2. The van der Waals surface area contributed by atoms with Gasteiger partial charge in [0.2, 0.25) is 0 Å². The van der Waals surface area contributed by atoms with Gasteiger partial charge in [0.05, 0.1) is 13.2 Å². The van der Waals surface area contributed by atoms with Gasteiger partial charge in [0.1, 0.15) is 11.9 Å². The highest BCUT2D eigenvalue weighted by Gasteiger charge is 2.28. The Labute approximate surface area is 160 Å². The number of halogens is 2. The number of carbonyl (C=O) groups is 1. The van der Waals surface area contributed by atoms with Crippen molar-refractivity contribution in [1.29, 1.82) is 0 Å². The molecule has 3 aromatic rings. The van der Waals surface area contributed by atoms with E-state index < -0.39 is 0 Å². The molecule has 7 heteroatoms. The second-order valence-corrected chi connectivity index (χ2v) is 6.69. The predicted molar refractivity (Wildman–Crippen MR) is 97.9 cm³/mol. The fourth-order valence-electron chi connectivity index (χ4n) is 3.03. The van der Waals surface area contributed by atoms with Crippen LogP contribution in [-0.2, 0) is 4.74 Å². The fraction of sp³-hybridized carbons (Fsp3) is 0.200. The molecule has 1 aromatic heterocycles. The molecule has 1 aliphatic heterocycles. The van der Waals surface area contributed by atoms with Crippen LogP contribution in [0.4, 0.5) is 4.39 Å². The molecular weight excluding hydrogens is 371 g/mol. The van der Waals surface area contributed by atoms with E-state index in [2.05, 4.69) is 5.16 Å². The minimum atomic E-state index is -0.307. The highest BCUT2D eigenvalue weighted by atomic mass is 35.5. The Hall–Kier alpha value is -2.70. The van der Waals surface area contributed by atoms with Gasteiger partial charge in [0, 0.05) is 23.2 Å². The molecule has 0 saturated carbocycles. The average Bonchev–Trinajstić information content (AvgIpc) is 3.18. The van der Waals surface area contributed by atoms with Gasteiger partial charge >= 0.3 is 0 Å². The summed E-state index contributed by atoms with van der Waals surface area (Å²) in [5, 5.41) is 4.48. The minimum absolute atomic E-state index is 0.227. The van der Waals surface area contributed by atoms with E-state index in [1.165, 1.54) is 12.1 Å². The number of ether oxygens (including phenoxy) is 1. The largest absolute Gasteiger partial charge is 0.370 e. The molecule has 1 amide bonds. The molecule has 0 radical (unpaired) electrons. The number of hydrogen-bond acceptors (Lipinski definition) is 4. The Morgan fingerprint density at radius 3 is 2.78 bits per heavy atom. The van der Waals surface area contributed by atoms with Gasteiger partial charge in [-0.15, -0.1) is 0 Å². The molecule has 0 bridgehead atoms. The highest BCUT2D eigenvalue weighted by Crippen LogP contribution is 2.26. The van der Waals surface area contributed by atoms with Crippen LogP contribution in [0.1, 0.15) is 22.2 Å². The molecule has 1 atom stereocenters. The van der Waals surface area contributed by atoms with Gasteiger partial charge in [-0.25, -0.2) is 4.39 Å². The predicted octanol–water partition coefficient (Wildman–Crippen LogP) is 4.35. The molecule has 0 aliphatic carbocycles. The van der Waals surface area contributed by atoms with Crippen molar-refractivity contribution in [1.82, 2.24) is 10.1 Å². The van der Waals surface area contributed by atoms with Gasteiger partial charge in [0.25, 0.3) is 5.91 Å². The van der Waals surface area contributed by atoms with Crippen molar-refractivity contribution in [3.63, 3.8) is 0 Å². The van der Waals surface area contributed by atoms with Crippen molar-refractivity contribution in [2.75, 3.05) is 19.7 Å². The second kappa shape index (κ2) is 7.50. The molecule has 1 saturated heterocycles. The van der Waals surface area contributed by atoms with Crippen molar-refractivity contribution in [2.45, 2.75) is 6.10 Å². The van der Waals surface area contributed by atoms with E-state index in [0.717, 1.165) is 11.1 Å². The SMILES string of the molecule is O=C(c1cc(-c2cccc(Cl)c2)on1)N1CCOC(c2ccc(F)cc2)C1. The van der Waals surface area contributed by atoms with Crippen molar-refractivity contribution in [3.05, 3.63) is 76.7 Å². The lowest BCUT2D eigenvalue weighted by Crippen LogP contribution is -2.42. The summed E-state index contributed by atoms with van der Waals surface area (Å²) in [6.45, 7) is 1.21. The zero-order valence-electron chi connectivity index (χ0n) is 14.3. The molecule has 1 aliphatic rings. The standard InChI is InChI=1S/C20H16ClFN2O3/c21-15-3-1-2-14(10-15)18-11-17(23-27-18)20(25)24-8-9-26-19(12-24)13-4-6-16(22)7-5-13/h1-7,10-11,19H,8-9,12H2. The third-order valence-electron chi connectivity index (χ3n) is 4.43. The lowest BCUT2D eigenvalue weighted by atomic mass is 10.1. The van der Waals surface area contributed by atoms with Gasteiger partial charge in [0.15, 0.2) is 11.5 Å². The molecule has 2 heterocycles. The van der Waals surface area contributed by atoms with Crippen molar-refractivity contribution in [3.8, 4) is 11.3 Å². The van der Waals surface area contributed by atoms with Gasteiger partial charge in [-0.1, -0.05) is 41.0 Å². The van der Waals surface area contributed by atoms with Crippen LogP contribution in [0.2, 0.25) is 5.02 Å². The van der Waals surface area contributed by atoms with Crippen molar-refractivity contribution >= 4 is 17.5 Å². The molecule has 1 unspecified atom stereocenters. The number of amides is 1. The molecule has 0 spiro atoms. The van der Waals surface area contributed by atoms with E-state index in [1.54, 1.807) is 41.3 Å². The van der Waals surface area contributed by atoms with Gasteiger partial charge in [-0.3, -0.25) is 4.79 Å². The van der Waals surface area contributed by atoms with Crippen LogP contribution >= 0.6 is 11.6 Å². The monoisotopic (exact) mass is 386 g/mol. The summed E-state index contributed by atoms with van der Waals surface area (Å²) in [7, 11) is 0. The number of rotatable bonds is 3. The van der Waals surface area contributed by atoms with Crippen LogP contribution in [0, 0.1) is 5.82 Å². The summed E-state index contributed by atoms with van der Waals surface area (Å²) in [5.74, 6) is -0.0646. The zero-order valence-corrected chi connectivity index (χ0v) is 15.0. The summed E-state index contributed by atoms with van der Waals surface area (Å²) in [6, 6.07) is 14.9. The molecule has 1 fully saturated rings. The Balaban J connectivity index is 1.50. The van der Waals surface area contributed by atoms with Crippen LogP contribution in [0.5, 0.6) is 0 Å². The normalized spacial score (nSPS) is 17.1. The van der Waals surface area contributed by atoms with Gasteiger partial charge in [-0.2, -0.15) is 0 Å². The Morgan fingerprint density at radius 1 is 1.19 bits per heavy atom.